The molecule has 1 N–H and O–H groups in total. The Kier molecular flexibility index (Phi) is 5.78. The summed E-state index contributed by atoms with van der Waals surface area (Å²) in [4.78, 5) is 27.0. The fraction of sp³-hybridized carbons (Fsp3) is 0.474. The molecule has 1 amide bonds. The molecule has 2 heterocycles. The first-order chi connectivity index (χ1) is 12.6. The number of likely N-dealkylation sites (tertiary alicyclic amines) is 1. The number of hydrogen-bond acceptors (Lipinski definition) is 6. The number of hydrogen-bond donors (Lipinski definition) is 1. The fourth-order valence-corrected chi connectivity index (χ4v) is 3.19. The molecule has 0 aliphatic carbocycles. The van der Waals surface area contributed by atoms with E-state index in [0.717, 1.165) is 19.6 Å². The molecule has 0 radical (unpaired) electrons. The second-order valence-corrected chi connectivity index (χ2v) is 6.34. The van der Waals surface area contributed by atoms with Gasteiger partial charge in [0.15, 0.2) is 22.7 Å². The number of nitrogens with zero attached hydrogens (tertiary/aromatic N) is 1. The summed E-state index contributed by atoms with van der Waals surface area (Å²) in [5.74, 6) is 0.473. The van der Waals surface area contributed by atoms with Gasteiger partial charge in [0.05, 0.1) is 19.6 Å². The van der Waals surface area contributed by atoms with E-state index < -0.39 is 5.91 Å². The van der Waals surface area contributed by atoms with E-state index in [1.807, 2.05) is 0 Å². The van der Waals surface area contributed by atoms with Crippen LogP contribution in [0.25, 0.3) is 11.0 Å². The maximum atomic E-state index is 12.3. The average Bonchev–Trinajstić information content (AvgIpc) is 2.67. The average molecular weight is 360 g/mol. The van der Waals surface area contributed by atoms with Crippen molar-refractivity contribution < 1.29 is 18.7 Å². The number of carbonyl (C=O) groups excluding carboxylic acids is 1. The molecule has 1 aliphatic rings. The zero-order chi connectivity index (χ0) is 18.5. The highest BCUT2D eigenvalue weighted by Gasteiger charge is 2.16. The minimum Gasteiger partial charge on any atom is -0.493 e. The predicted molar refractivity (Wildman–Crippen MR) is 98.2 cm³/mol. The van der Waals surface area contributed by atoms with Crippen LogP contribution in [-0.2, 0) is 0 Å². The Labute approximate surface area is 151 Å². The third kappa shape index (κ3) is 3.99. The quantitative estimate of drug-likeness (QED) is 0.849. The van der Waals surface area contributed by atoms with Gasteiger partial charge in [-0.05, 0) is 32.0 Å². The highest BCUT2D eigenvalue weighted by atomic mass is 16.5. The molecule has 7 heteroatoms. The van der Waals surface area contributed by atoms with E-state index in [9.17, 15) is 9.59 Å². The van der Waals surface area contributed by atoms with Gasteiger partial charge in [0.2, 0.25) is 0 Å². The number of benzene rings is 1. The normalized spacial score (nSPS) is 15.0. The van der Waals surface area contributed by atoms with Crippen LogP contribution in [-0.4, -0.2) is 51.2 Å². The van der Waals surface area contributed by atoms with Crippen LogP contribution in [0.3, 0.4) is 0 Å². The lowest BCUT2D eigenvalue weighted by Crippen LogP contribution is -2.37. The summed E-state index contributed by atoms with van der Waals surface area (Å²) in [7, 11) is 2.99. The van der Waals surface area contributed by atoms with Crippen molar-refractivity contribution >= 4 is 16.9 Å². The first-order valence-electron chi connectivity index (χ1n) is 8.83. The lowest BCUT2D eigenvalue weighted by molar-refractivity contribution is 0.0919. The van der Waals surface area contributed by atoms with E-state index in [0.29, 0.717) is 23.4 Å². The molecule has 0 spiro atoms. The van der Waals surface area contributed by atoms with Crippen molar-refractivity contribution in [3.63, 3.8) is 0 Å². The van der Waals surface area contributed by atoms with Gasteiger partial charge in [0.25, 0.3) is 5.91 Å². The molecular weight excluding hydrogens is 336 g/mol. The first kappa shape index (κ1) is 18.3. The van der Waals surface area contributed by atoms with E-state index in [2.05, 4.69) is 10.2 Å². The van der Waals surface area contributed by atoms with Gasteiger partial charge in [-0.2, -0.15) is 0 Å². The fourth-order valence-electron chi connectivity index (χ4n) is 3.19. The summed E-state index contributed by atoms with van der Waals surface area (Å²) in [6.07, 6.45) is 3.69. The summed E-state index contributed by atoms with van der Waals surface area (Å²) in [6, 6.07) is 4.32. The number of rotatable bonds is 6. The summed E-state index contributed by atoms with van der Waals surface area (Å²) in [6.45, 7) is 3.46. The van der Waals surface area contributed by atoms with Crippen LogP contribution in [0.4, 0.5) is 0 Å². The zero-order valence-electron chi connectivity index (χ0n) is 15.2. The van der Waals surface area contributed by atoms with Crippen LogP contribution in [0.1, 0.15) is 29.8 Å². The van der Waals surface area contributed by atoms with Gasteiger partial charge in [-0.15, -0.1) is 0 Å². The van der Waals surface area contributed by atoms with Gasteiger partial charge in [-0.1, -0.05) is 6.42 Å². The monoisotopic (exact) mass is 360 g/mol. The maximum Gasteiger partial charge on any atom is 0.287 e. The highest BCUT2D eigenvalue weighted by Crippen LogP contribution is 2.31. The Morgan fingerprint density at radius 2 is 1.81 bits per heavy atom. The largest absolute Gasteiger partial charge is 0.493 e. The van der Waals surface area contributed by atoms with Crippen molar-refractivity contribution in [3.8, 4) is 11.5 Å². The Morgan fingerprint density at radius 3 is 2.50 bits per heavy atom. The number of amides is 1. The van der Waals surface area contributed by atoms with Crippen molar-refractivity contribution in [2.24, 2.45) is 0 Å². The van der Waals surface area contributed by atoms with Gasteiger partial charge < -0.3 is 24.1 Å². The van der Waals surface area contributed by atoms with Gasteiger partial charge in [-0.25, -0.2) is 0 Å². The van der Waals surface area contributed by atoms with Crippen molar-refractivity contribution in [2.75, 3.05) is 40.4 Å². The Hall–Kier alpha value is -2.54. The summed E-state index contributed by atoms with van der Waals surface area (Å²) >= 11 is 0. The summed E-state index contributed by atoms with van der Waals surface area (Å²) < 4.78 is 16.0. The zero-order valence-corrected chi connectivity index (χ0v) is 15.2. The van der Waals surface area contributed by atoms with Crippen LogP contribution >= 0.6 is 0 Å². The van der Waals surface area contributed by atoms with E-state index >= 15 is 0 Å². The second kappa shape index (κ2) is 8.23. The van der Waals surface area contributed by atoms with Crippen LogP contribution < -0.4 is 20.2 Å². The second-order valence-electron chi connectivity index (χ2n) is 6.34. The van der Waals surface area contributed by atoms with Crippen LogP contribution in [0.2, 0.25) is 0 Å². The molecule has 1 aromatic carbocycles. The molecule has 1 aliphatic heterocycles. The van der Waals surface area contributed by atoms with E-state index in [4.69, 9.17) is 13.9 Å². The third-order valence-electron chi connectivity index (χ3n) is 4.62. The van der Waals surface area contributed by atoms with Crippen molar-refractivity contribution in [1.29, 1.82) is 0 Å². The molecule has 3 rings (SSSR count). The summed E-state index contributed by atoms with van der Waals surface area (Å²) in [5.41, 5.74) is -0.00952. The van der Waals surface area contributed by atoms with Crippen molar-refractivity contribution in [3.05, 3.63) is 34.2 Å². The topological polar surface area (TPSA) is 81.0 Å². The number of piperidine rings is 1. The molecular formula is C19H24N2O5. The van der Waals surface area contributed by atoms with Gasteiger partial charge in [0, 0.05) is 25.2 Å². The van der Waals surface area contributed by atoms with Crippen LogP contribution in [0.15, 0.2) is 27.4 Å². The van der Waals surface area contributed by atoms with Crippen LogP contribution in [0.5, 0.6) is 11.5 Å². The standard InChI is InChI=1S/C19H24N2O5/c1-24-16-10-13-14(22)11-18(26-15(13)12-17(16)25-2)19(23)20-6-9-21-7-4-3-5-8-21/h10-12H,3-9H2,1-2H3,(H,20,23). The van der Waals surface area contributed by atoms with E-state index in [-0.39, 0.29) is 16.8 Å². The maximum absolute atomic E-state index is 12.3. The molecule has 0 bridgehead atoms. The first-order valence-corrected chi connectivity index (χ1v) is 8.83. The van der Waals surface area contributed by atoms with Gasteiger partial charge >= 0.3 is 0 Å². The number of carbonyl (C=O) groups is 1. The molecule has 7 nitrogen and oxygen atoms in total. The number of nitrogens with one attached hydrogen (secondary N) is 1. The van der Waals surface area contributed by atoms with Crippen LogP contribution in [0, 0.1) is 0 Å². The highest BCUT2D eigenvalue weighted by molar-refractivity contribution is 5.93. The molecule has 1 saturated heterocycles. The predicted octanol–water partition coefficient (Wildman–Crippen LogP) is 2.03. The Bertz CT molecular complexity index is 840. The lowest BCUT2D eigenvalue weighted by atomic mass is 10.1. The SMILES string of the molecule is COc1cc2oc(C(=O)NCCN3CCCCC3)cc(=O)c2cc1OC. The van der Waals surface area contributed by atoms with Gasteiger partial charge in [0.1, 0.15) is 5.58 Å². The molecule has 0 atom stereocenters. The number of fused-ring (bicyclic) bond motifs is 1. The Balaban J connectivity index is 1.74. The van der Waals surface area contributed by atoms with E-state index in [1.165, 1.54) is 39.5 Å². The third-order valence-corrected chi connectivity index (χ3v) is 4.62. The van der Waals surface area contributed by atoms with Gasteiger partial charge in [-0.3, -0.25) is 9.59 Å². The molecule has 0 unspecified atom stereocenters. The smallest absolute Gasteiger partial charge is 0.287 e. The minimum absolute atomic E-state index is 0.00614. The molecule has 1 fully saturated rings. The molecule has 140 valence electrons. The number of methoxy groups -OCH3 is 2. The molecule has 1 aromatic heterocycles. The molecule has 0 saturated carbocycles. The summed E-state index contributed by atoms with van der Waals surface area (Å²) in [5, 5.41) is 3.16. The van der Waals surface area contributed by atoms with Crippen molar-refractivity contribution in [2.45, 2.75) is 19.3 Å². The molecule has 2 aromatic rings. The molecule has 26 heavy (non-hydrogen) atoms. The number of ether oxygens (including phenoxy) is 2. The van der Waals surface area contributed by atoms with E-state index in [1.54, 1.807) is 12.1 Å². The lowest BCUT2D eigenvalue weighted by Gasteiger charge is -2.26. The minimum atomic E-state index is -0.393. The van der Waals surface area contributed by atoms with Crippen molar-refractivity contribution in [1.82, 2.24) is 10.2 Å². The Morgan fingerprint density at radius 1 is 1.12 bits per heavy atom.